The fourth-order valence-corrected chi connectivity index (χ4v) is 12.2. The molecule has 9 saturated carbocycles. The Balaban J connectivity index is 0.0000000930. The highest BCUT2D eigenvalue weighted by atomic mass is 14.7. The van der Waals surface area contributed by atoms with Crippen LogP contribution in [0.5, 0.6) is 0 Å². The van der Waals surface area contributed by atoms with Crippen molar-refractivity contribution in [2.45, 2.75) is 116 Å². The first-order chi connectivity index (χ1) is 14.9. The van der Waals surface area contributed by atoms with Crippen LogP contribution >= 0.6 is 0 Å². The fourth-order valence-electron chi connectivity index (χ4n) is 12.2. The van der Waals surface area contributed by atoms with Gasteiger partial charge in [0.15, 0.2) is 0 Å². The van der Waals surface area contributed by atoms with Crippen LogP contribution in [0, 0.1) is 71.0 Å². The molecule has 9 aliphatic carbocycles. The first kappa shape index (κ1) is 19.5. The van der Waals surface area contributed by atoms with Gasteiger partial charge in [0.25, 0.3) is 0 Å². The van der Waals surface area contributed by atoms with Crippen LogP contribution in [0.1, 0.15) is 116 Å². The smallest absolute Gasteiger partial charge is 0.0321 e. The molecule has 9 fully saturated rings. The zero-order chi connectivity index (χ0) is 19.7. The van der Waals surface area contributed by atoms with Crippen LogP contribution in [0.3, 0.4) is 0 Å². The van der Waals surface area contributed by atoms with Gasteiger partial charge in [-0.1, -0.05) is 44.9 Å². The van der Waals surface area contributed by atoms with Gasteiger partial charge in [-0.2, -0.15) is 0 Å². The molecule has 12 unspecified atom stereocenters. The summed E-state index contributed by atoms with van der Waals surface area (Å²) in [5, 5.41) is 0. The summed E-state index contributed by atoms with van der Waals surface area (Å²) in [6.07, 6.45) is 28.4. The highest BCUT2D eigenvalue weighted by Crippen LogP contribution is 2.72. The van der Waals surface area contributed by atoms with E-state index >= 15 is 0 Å². The predicted octanol–water partition coefficient (Wildman–Crippen LogP) is 8.50. The van der Waals surface area contributed by atoms with Gasteiger partial charge in [0.2, 0.25) is 0 Å². The van der Waals surface area contributed by atoms with Gasteiger partial charge in [0.05, 0.1) is 0 Å². The van der Waals surface area contributed by atoms with Crippen molar-refractivity contribution in [3.8, 4) is 0 Å². The van der Waals surface area contributed by atoms with E-state index in [9.17, 15) is 0 Å². The van der Waals surface area contributed by atoms with Gasteiger partial charge >= 0.3 is 0 Å². The van der Waals surface area contributed by atoms with Crippen molar-refractivity contribution in [1.29, 1.82) is 0 Å². The maximum absolute atomic E-state index is 1.68. The lowest BCUT2D eigenvalue weighted by Crippen LogP contribution is -2.35. The molecule has 168 valence electrons. The Labute approximate surface area is 186 Å². The Hall–Kier alpha value is 0. The Morgan fingerprint density at radius 3 is 1.17 bits per heavy atom. The molecule has 0 saturated heterocycles. The van der Waals surface area contributed by atoms with Crippen LogP contribution in [-0.2, 0) is 0 Å². The van der Waals surface area contributed by atoms with Crippen LogP contribution < -0.4 is 0 Å². The Morgan fingerprint density at radius 2 is 0.667 bits per heavy atom. The monoisotopic (exact) mass is 408 g/mol. The Kier molecular flexibility index (Phi) is 5.06. The van der Waals surface area contributed by atoms with E-state index in [2.05, 4.69) is 0 Å². The predicted molar refractivity (Wildman–Crippen MR) is 125 cm³/mol. The summed E-state index contributed by atoms with van der Waals surface area (Å²) in [6.45, 7) is 0. The Morgan fingerprint density at radius 1 is 0.267 bits per heavy atom. The van der Waals surface area contributed by atoms with E-state index in [0.717, 1.165) is 0 Å². The van der Waals surface area contributed by atoms with Crippen LogP contribution in [0.25, 0.3) is 0 Å². The quantitative estimate of drug-likeness (QED) is 0.352. The normalized spacial score (nSPS) is 57.6. The van der Waals surface area contributed by atoms with E-state index in [1.165, 1.54) is 103 Å². The molecule has 0 heterocycles. The minimum absolute atomic E-state index is 1.19. The molecule has 0 amide bonds. The maximum atomic E-state index is 1.68. The van der Waals surface area contributed by atoms with Crippen molar-refractivity contribution >= 4 is 0 Å². The molecule has 0 N–H and O–H groups in total. The lowest BCUT2D eigenvalue weighted by molar-refractivity contribution is 0.0716. The zero-order valence-corrected chi connectivity index (χ0v) is 19.7. The number of hydrogen-bond donors (Lipinski definition) is 0. The Bertz CT molecular complexity index is 566. The van der Waals surface area contributed by atoms with Gasteiger partial charge in [-0.3, -0.25) is 0 Å². The summed E-state index contributed by atoms with van der Waals surface area (Å²) in [5.74, 6) is 14.6. The first-order valence-corrected chi connectivity index (χ1v) is 14.9. The van der Waals surface area contributed by atoms with Gasteiger partial charge < -0.3 is 0 Å². The molecule has 0 nitrogen and oxygen atoms in total. The molecule has 6 bridgehead atoms. The topological polar surface area (TPSA) is 0 Å². The summed E-state index contributed by atoms with van der Waals surface area (Å²) >= 11 is 0. The van der Waals surface area contributed by atoms with Crippen molar-refractivity contribution in [3.05, 3.63) is 0 Å². The van der Waals surface area contributed by atoms with Gasteiger partial charge in [-0.05, 0) is 142 Å². The van der Waals surface area contributed by atoms with E-state index in [0.29, 0.717) is 0 Å². The summed E-state index contributed by atoms with van der Waals surface area (Å²) in [6, 6.07) is 0. The molecule has 30 heavy (non-hydrogen) atoms. The number of hydrogen-bond acceptors (Lipinski definition) is 0. The SMILES string of the molecule is C1CC2C(C1)C1CC2C2C3CCC(C3)C12.C1CC2C3CCC(C3)C2C1.C1CCCC1. The molecule has 12 atom stereocenters. The highest BCUT2D eigenvalue weighted by Gasteiger charge is 2.65. The van der Waals surface area contributed by atoms with Gasteiger partial charge in [0.1, 0.15) is 0 Å². The molecule has 0 aliphatic heterocycles. The summed E-state index contributed by atoms with van der Waals surface area (Å²) < 4.78 is 0. The van der Waals surface area contributed by atoms with E-state index in [4.69, 9.17) is 0 Å². The van der Waals surface area contributed by atoms with Crippen molar-refractivity contribution in [2.24, 2.45) is 71.0 Å². The molecular weight excluding hydrogens is 360 g/mol. The lowest BCUT2D eigenvalue weighted by atomic mass is 9.64. The molecule has 0 aromatic rings. The lowest BCUT2D eigenvalue weighted by Gasteiger charge is -2.40. The molecule has 0 radical (unpaired) electrons. The molecular formula is C30H48. The van der Waals surface area contributed by atoms with Crippen LogP contribution in [-0.4, -0.2) is 0 Å². The number of rotatable bonds is 0. The average molecular weight is 409 g/mol. The minimum atomic E-state index is 1.19. The molecule has 0 heteroatoms. The standard InChI is InChI=1S/C15H22.C10H16.C5H10/c1-2-10-11(3-1)13-7-12(10)14-8-4-5-9(6-8)15(13)14;1-2-9-7-4-5-8(6-7)10(9)3-1;1-2-4-5-3-1/h8-15H,1-7H2;7-10H,1-6H2;1-5H2. The first-order valence-electron chi connectivity index (χ1n) is 14.9. The van der Waals surface area contributed by atoms with E-state index in [1.54, 1.807) is 83.5 Å². The van der Waals surface area contributed by atoms with E-state index in [-0.39, 0.29) is 0 Å². The maximum Gasteiger partial charge on any atom is -0.0321 e. The van der Waals surface area contributed by atoms with Crippen molar-refractivity contribution < 1.29 is 0 Å². The molecule has 0 aromatic carbocycles. The average Bonchev–Trinajstić information content (AvgIpc) is 3.65. The second kappa shape index (κ2) is 7.80. The largest absolute Gasteiger partial charge is 0.0533 e. The fraction of sp³-hybridized carbons (Fsp3) is 1.00. The van der Waals surface area contributed by atoms with E-state index in [1.807, 2.05) is 0 Å². The minimum Gasteiger partial charge on any atom is -0.0533 e. The zero-order valence-electron chi connectivity index (χ0n) is 19.7. The molecule has 9 rings (SSSR count). The van der Waals surface area contributed by atoms with Crippen molar-refractivity contribution in [1.82, 2.24) is 0 Å². The molecule has 9 aliphatic rings. The molecule has 0 aromatic heterocycles. The third-order valence-electron chi connectivity index (χ3n) is 12.9. The van der Waals surface area contributed by atoms with Gasteiger partial charge in [-0.15, -0.1) is 0 Å². The molecule has 0 spiro atoms. The summed E-state index contributed by atoms with van der Waals surface area (Å²) in [4.78, 5) is 0. The van der Waals surface area contributed by atoms with Crippen molar-refractivity contribution in [3.63, 3.8) is 0 Å². The van der Waals surface area contributed by atoms with Gasteiger partial charge in [0, 0.05) is 0 Å². The number of fused-ring (bicyclic) bond motifs is 17. The van der Waals surface area contributed by atoms with Crippen LogP contribution in [0.2, 0.25) is 0 Å². The highest BCUT2D eigenvalue weighted by molar-refractivity contribution is 5.14. The second-order valence-electron chi connectivity index (χ2n) is 13.7. The third kappa shape index (κ3) is 2.96. The second-order valence-corrected chi connectivity index (χ2v) is 13.7. The van der Waals surface area contributed by atoms with E-state index < -0.39 is 0 Å². The van der Waals surface area contributed by atoms with Crippen molar-refractivity contribution in [2.75, 3.05) is 0 Å². The van der Waals surface area contributed by atoms with Crippen LogP contribution in [0.15, 0.2) is 0 Å². The third-order valence-corrected chi connectivity index (χ3v) is 12.9. The van der Waals surface area contributed by atoms with Gasteiger partial charge in [-0.25, -0.2) is 0 Å². The summed E-state index contributed by atoms with van der Waals surface area (Å²) in [5.41, 5.74) is 0. The van der Waals surface area contributed by atoms with Crippen LogP contribution in [0.4, 0.5) is 0 Å². The summed E-state index contributed by atoms with van der Waals surface area (Å²) in [7, 11) is 0.